The van der Waals surface area contributed by atoms with Crippen molar-refractivity contribution >= 4 is 32.3 Å². The molecule has 0 aromatic heterocycles. The van der Waals surface area contributed by atoms with E-state index in [0.29, 0.717) is 39.6 Å². The van der Waals surface area contributed by atoms with Gasteiger partial charge in [0.15, 0.2) is 34.5 Å². The minimum absolute atomic E-state index is 0.559. The molecule has 0 saturated heterocycles. The van der Waals surface area contributed by atoms with Crippen LogP contribution in [0.3, 0.4) is 0 Å². The van der Waals surface area contributed by atoms with Crippen LogP contribution < -0.4 is 28.4 Å². The van der Waals surface area contributed by atoms with Crippen molar-refractivity contribution in [3.05, 3.63) is 143 Å². The molecule has 0 saturated carbocycles. The van der Waals surface area contributed by atoms with Crippen molar-refractivity contribution in [3.8, 4) is 101 Å². The van der Waals surface area contributed by atoms with Gasteiger partial charge in [-0.1, -0.05) is 72.8 Å². The molecule has 0 aliphatic heterocycles. The first kappa shape index (κ1) is 38.6. The first-order chi connectivity index (χ1) is 33.5. The molecule has 0 atom stereocenters. The summed E-state index contributed by atoms with van der Waals surface area (Å²) in [5.41, 5.74) is 21.8. The molecular weight excluding hydrogens is 841 g/mol. The van der Waals surface area contributed by atoms with Gasteiger partial charge < -0.3 is 28.4 Å². The standard InChI is InChI=1S/C62H48O6/c1-7-63-49-25-37-31-13-19-43-58-44(20-14-32(55(31)58)38(37)26-50(49)64-8-2)62-47-23-17-35-41-29-53(67-11-5)51(65-9-3)27-39(41)33-15-21-45(59(47)56(33)35)61(43,62)46-22-16-34-40-28-52(66-10-4)54(68-12-6)30-42(40)36-18-24-48(62)60(46)57(34)36/h13-30H,7-12H2,1-6H3. The molecule has 15 rings (SSSR count). The third-order valence-electron chi connectivity index (χ3n) is 16.3. The molecule has 0 heterocycles. The van der Waals surface area contributed by atoms with Crippen molar-refractivity contribution in [2.24, 2.45) is 0 Å². The Morgan fingerprint density at radius 3 is 0.574 bits per heavy atom. The monoisotopic (exact) mass is 888 g/mol. The maximum Gasteiger partial charge on any atom is 0.161 e. The van der Waals surface area contributed by atoms with E-state index in [0.717, 1.165) is 34.5 Å². The molecule has 68 heavy (non-hydrogen) atoms. The summed E-state index contributed by atoms with van der Waals surface area (Å²) in [6.45, 7) is 15.6. The van der Waals surface area contributed by atoms with Gasteiger partial charge >= 0.3 is 0 Å². The Morgan fingerprint density at radius 1 is 0.235 bits per heavy atom. The summed E-state index contributed by atoms with van der Waals surface area (Å²) in [7, 11) is 0. The normalized spacial score (nSPS) is 17.7. The van der Waals surface area contributed by atoms with Gasteiger partial charge in [-0.25, -0.2) is 0 Å². The van der Waals surface area contributed by atoms with Crippen molar-refractivity contribution in [2.75, 3.05) is 39.6 Å². The largest absolute Gasteiger partial charge is 0.490 e. The third-order valence-corrected chi connectivity index (χ3v) is 16.3. The van der Waals surface area contributed by atoms with E-state index in [-0.39, 0.29) is 0 Å². The highest BCUT2D eigenvalue weighted by molar-refractivity contribution is 6.27. The van der Waals surface area contributed by atoms with Gasteiger partial charge in [0.25, 0.3) is 0 Å². The average Bonchev–Trinajstić information content (AvgIpc) is 4.13. The maximum absolute atomic E-state index is 6.25. The molecule has 332 valence electrons. The Hall–Kier alpha value is -7.44. The van der Waals surface area contributed by atoms with Crippen molar-refractivity contribution < 1.29 is 28.4 Å². The van der Waals surface area contributed by atoms with Crippen LogP contribution >= 0.6 is 0 Å². The van der Waals surface area contributed by atoms with Gasteiger partial charge in [-0.2, -0.15) is 0 Å². The van der Waals surface area contributed by atoms with E-state index in [4.69, 9.17) is 28.4 Å². The van der Waals surface area contributed by atoms with Gasteiger partial charge in [-0.05, 0) is 210 Å². The highest BCUT2D eigenvalue weighted by Gasteiger charge is 2.71. The maximum atomic E-state index is 6.25. The molecule has 9 aromatic carbocycles. The summed E-state index contributed by atoms with van der Waals surface area (Å²) in [4.78, 5) is 0. The van der Waals surface area contributed by atoms with E-state index in [1.165, 1.54) is 132 Å². The number of hydrogen-bond donors (Lipinski definition) is 0. The van der Waals surface area contributed by atoms with Gasteiger partial charge in [0.2, 0.25) is 0 Å². The van der Waals surface area contributed by atoms with Gasteiger partial charge in [0, 0.05) is 0 Å². The van der Waals surface area contributed by atoms with E-state index in [9.17, 15) is 0 Å². The zero-order valence-corrected chi connectivity index (χ0v) is 39.1. The first-order valence-electron chi connectivity index (χ1n) is 24.6. The molecule has 0 spiro atoms. The fourth-order valence-electron chi connectivity index (χ4n) is 14.4. The van der Waals surface area contributed by atoms with Crippen LogP contribution in [0.1, 0.15) is 74.9 Å². The van der Waals surface area contributed by atoms with Crippen molar-refractivity contribution in [1.29, 1.82) is 0 Å². The van der Waals surface area contributed by atoms with Gasteiger partial charge in [-0.3, -0.25) is 0 Å². The van der Waals surface area contributed by atoms with Gasteiger partial charge in [-0.15, -0.1) is 0 Å². The third kappa shape index (κ3) is 4.10. The van der Waals surface area contributed by atoms with Crippen molar-refractivity contribution in [3.63, 3.8) is 0 Å². The fourth-order valence-corrected chi connectivity index (χ4v) is 14.4. The van der Waals surface area contributed by atoms with E-state index in [1.54, 1.807) is 0 Å². The van der Waals surface area contributed by atoms with E-state index in [2.05, 4.69) is 109 Å². The van der Waals surface area contributed by atoms with Crippen LogP contribution in [-0.4, -0.2) is 39.6 Å². The Balaban J connectivity index is 1.06. The number of benzene rings is 9. The van der Waals surface area contributed by atoms with Crippen LogP contribution in [0.5, 0.6) is 34.5 Å². The van der Waals surface area contributed by atoms with Crippen LogP contribution in [0.2, 0.25) is 0 Å². The molecule has 6 heteroatoms. The Bertz CT molecular complexity index is 3210. The highest BCUT2D eigenvalue weighted by Crippen LogP contribution is 2.78. The number of ether oxygens (including phenoxy) is 6. The molecule has 9 aromatic rings. The lowest BCUT2D eigenvalue weighted by Gasteiger charge is -2.40. The summed E-state index contributed by atoms with van der Waals surface area (Å²) < 4.78 is 37.5. The fraction of sp³-hybridized carbons (Fsp3) is 0.226. The highest BCUT2D eigenvalue weighted by atomic mass is 16.5. The van der Waals surface area contributed by atoms with E-state index < -0.39 is 10.8 Å². The second-order valence-electron chi connectivity index (χ2n) is 18.8. The lowest BCUT2D eigenvalue weighted by Crippen LogP contribution is -2.42. The first-order valence-corrected chi connectivity index (χ1v) is 24.6. The SMILES string of the molecule is CCOc1cc2c(cc1OCC)-c1ccc3c4c(ccc-2c14)C12c4ccc5c6c(ccc(c46)C31c1ccc3c4c(ccc2c14)-c1cc(OCC)c(OCC)cc1-3)-c1cc(OCC)c(OCC)cc1-5. The molecule has 0 fully saturated rings. The molecule has 0 bridgehead atoms. The Kier molecular flexibility index (Phi) is 7.48. The second kappa shape index (κ2) is 13.2. The zero-order valence-electron chi connectivity index (χ0n) is 39.1. The molecule has 6 aliphatic carbocycles. The van der Waals surface area contributed by atoms with Crippen LogP contribution in [0.25, 0.3) is 99.1 Å². The van der Waals surface area contributed by atoms with E-state index >= 15 is 0 Å². The molecular formula is C62H48O6. The summed E-state index contributed by atoms with van der Waals surface area (Å²) in [6, 6.07) is 42.7. The number of hydrogen-bond acceptors (Lipinski definition) is 6. The number of fused-ring (bicyclic) bond motifs is 9. The predicted octanol–water partition coefficient (Wildman–Crippen LogP) is 14.8. The quantitative estimate of drug-likeness (QED) is 0.122. The second-order valence-corrected chi connectivity index (χ2v) is 18.8. The van der Waals surface area contributed by atoms with Crippen molar-refractivity contribution in [2.45, 2.75) is 52.4 Å². The molecule has 0 unspecified atom stereocenters. The number of rotatable bonds is 12. The van der Waals surface area contributed by atoms with Crippen LogP contribution in [-0.2, 0) is 10.8 Å². The zero-order chi connectivity index (χ0) is 45.5. The van der Waals surface area contributed by atoms with Crippen molar-refractivity contribution in [1.82, 2.24) is 0 Å². The smallest absolute Gasteiger partial charge is 0.161 e. The molecule has 0 radical (unpaired) electrons. The lowest BCUT2D eigenvalue weighted by molar-refractivity contribution is 0.288. The minimum atomic E-state index is -0.559. The molecule has 6 nitrogen and oxygen atoms in total. The Morgan fingerprint density at radius 2 is 0.412 bits per heavy atom. The van der Waals surface area contributed by atoms with Gasteiger partial charge in [0.1, 0.15) is 0 Å². The van der Waals surface area contributed by atoms with Gasteiger partial charge in [0.05, 0.1) is 50.5 Å². The van der Waals surface area contributed by atoms with E-state index in [1.807, 2.05) is 41.5 Å². The topological polar surface area (TPSA) is 55.4 Å². The lowest BCUT2D eigenvalue weighted by atomic mass is 9.59. The summed E-state index contributed by atoms with van der Waals surface area (Å²) in [5, 5.41) is 8.08. The predicted molar refractivity (Wildman–Crippen MR) is 272 cm³/mol. The summed E-state index contributed by atoms with van der Waals surface area (Å²) in [5.74, 6) is 4.75. The summed E-state index contributed by atoms with van der Waals surface area (Å²) in [6.07, 6.45) is 0. The average molecular weight is 889 g/mol. The molecule has 0 N–H and O–H groups in total. The van der Waals surface area contributed by atoms with Crippen LogP contribution in [0.15, 0.2) is 109 Å². The van der Waals surface area contributed by atoms with Crippen LogP contribution in [0.4, 0.5) is 0 Å². The molecule has 6 aliphatic rings. The molecule has 0 amide bonds. The summed E-state index contributed by atoms with van der Waals surface area (Å²) >= 11 is 0. The Labute approximate surface area is 395 Å². The van der Waals surface area contributed by atoms with Crippen LogP contribution in [0, 0.1) is 0 Å². The minimum Gasteiger partial charge on any atom is -0.490 e.